The number of hydrogen-bond donors (Lipinski definition) is 0. The van der Waals surface area contributed by atoms with E-state index in [0.717, 1.165) is 16.6 Å². The highest BCUT2D eigenvalue weighted by molar-refractivity contribution is 7.08. The van der Waals surface area contributed by atoms with Crippen LogP contribution in [0.3, 0.4) is 0 Å². The topological polar surface area (TPSA) is 42.4 Å². The molecule has 0 saturated carbocycles. The van der Waals surface area contributed by atoms with Gasteiger partial charge in [-0.3, -0.25) is 9.63 Å². The lowest BCUT2D eigenvalue weighted by atomic mass is 10.5. The molecule has 5 heteroatoms. The number of hydrogen-bond acceptors (Lipinski definition) is 4. The van der Waals surface area contributed by atoms with Crippen LogP contribution in [0.2, 0.25) is 0 Å². The number of nitrogens with zero attached hydrogens (tertiary/aromatic N) is 2. The molecule has 1 rings (SSSR count). The van der Waals surface area contributed by atoms with Gasteiger partial charge in [-0.2, -0.15) is 0 Å². The first kappa shape index (κ1) is 8.16. The molecule has 0 aromatic carbocycles. The van der Waals surface area contributed by atoms with E-state index in [1.54, 1.807) is 19.3 Å². The van der Waals surface area contributed by atoms with Crippen LogP contribution in [0.5, 0.6) is 0 Å². The molecule has 0 N–H and O–H groups in total. The Hall–Kier alpha value is -0.940. The Morgan fingerprint density at radius 1 is 1.82 bits per heavy atom. The van der Waals surface area contributed by atoms with E-state index in [1.807, 2.05) is 0 Å². The van der Waals surface area contributed by atoms with Gasteiger partial charge in [-0.1, -0.05) is 0 Å². The van der Waals surface area contributed by atoms with Gasteiger partial charge in [-0.25, -0.2) is 9.44 Å². The quantitative estimate of drug-likeness (QED) is 0.619. The van der Waals surface area contributed by atoms with E-state index in [0.29, 0.717) is 4.88 Å². The predicted octanol–water partition coefficient (Wildman–Crippen LogP) is 0.777. The van der Waals surface area contributed by atoms with Crippen molar-refractivity contribution in [3.05, 3.63) is 17.1 Å². The molecular weight excluding hydrogens is 164 g/mol. The molecule has 0 atom stereocenters. The van der Waals surface area contributed by atoms with Gasteiger partial charge in [0.15, 0.2) is 0 Å². The number of hydroxylamine groups is 2. The largest absolute Gasteiger partial charge is 0.288 e. The minimum absolute atomic E-state index is 0.171. The predicted molar refractivity (Wildman–Crippen MR) is 41.2 cm³/mol. The summed E-state index contributed by atoms with van der Waals surface area (Å²) in [6.07, 6.45) is 1.58. The molecule has 1 heterocycles. The van der Waals surface area contributed by atoms with E-state index in [9.17, 15) is 4.79 Å². The summed E-state index contributed by atoms with van der Waals surface area (Å²) >= 11 is 1.15. The monoisotopic (exact) mass is 172 g/mol. The first-order valence-electron chi connectivity index (χ1n) is 2.98. The fourth-order valence-electron chi connectivity index (χ4n) is 0.564. The highest BCUT2D eigenvalue weighted by Gasteiger charge is 2.11. The summed E-state index contributed by atoms with van der Waals surface area (Å²) in [4.78, 5) is 16.5. The van der Waals surface area contributed by atoms with Gasteiger partial charge in [0.2, 0.25) is 0 Å². The smallest absolute Gasteiger partial charge is 0.274 e. The van der Waals surface area contributed by atoms with Crippen LogP contribution < -0.4 is 0 Å². The average Bonchev–Trinajstić information content (AvgIpc) is 2.53. The number of carbonyl (C=O) groups excluding carboxylic acids is 1. The zero-order chi connectivity index (χ0) is 8.27. The summed E-state index contributed by atoms with van der Waals surface area (Å²) in [6, 6.07) is 1.66. The fourth-order valence-corrected chi connectivity index (χ4v) is 1.13. The highest BCUT2D eigenvalue weighted by atomic mass is 32.1. The van der Waals surface area contributed by atoms with Crippen LogP contribution in [0.4, 0.5) is 0 Å². The summed E-state index contributed by atoms with van der Waals surface area (Å²) in [5.74, 6) is -0.171. The first-order chi connectivity index (χ1) is 5.25. The van der Waals surface area contributed by atoms with E-state index >= 15 is 0 Å². The van der Waals surface area contributed by atoms with Gasteiger partial charge in [-0.15, -0.1) is 0 Å². The van der Waals surface area contributed by atoms with Crippen molar-refractivity contribution in [2.24, 2.45) is 0 Å². The second kappa shape index (κ2) is 3.45. The van der Waals surface area contributed by atoms with Crippen LogP contribution in [0, 0.1) is 0 Å². The summed E-state index contributed by atoms with van der Waals surface area (Å²) < 4.78 is 3.80. The van der Waals surface area contributed by atoms with Crippen molar-refractivity contribution in [1.82, 2.24) is 9.44 Å². The molecule has 0 spiro atoms. The third kappa shape index (κ3) is 1.75. The molecule has 0 aliphatic heterocycles. The third-order valence-electron chi connectivity index (χ3n) is 1.21. The molecule has 0 bridgehead atoms. The maximum absolute atomic E-state index is 11.2. The molecule has 11 heavy (non-hydrogen) atoms. The van der Waals surface area contributed by atoms with E-state index < -0.39 is 0 Å². The number of aromatic nitrogens is 1. The fraction of sp³-hybridized carbons (Fsp3) is 0.333. The van der Waals surface area contributed by atoms with E-state index in [2.05, 4.69) is 4.37 Å². The van der Waals surface area contributed by atoms with Crippen LogP contribution in [0.1, 0.15) is 9.67 Å². The molecule has 1 aromatic heterocycles. The van der Waals surface area contributed by atoms with Crippen LogP contribution in [0.15, 0.2) is 12.3 Å². The van der Waals surface area contributed by atoms with Crippen molar-refractivity contribution < 1.29 is 9.63 Å². The van der Waals surface area contributed by atoms with Crippen LogP contribution in [-0.2, 0) is 4.84 Å². The molecule has 0 unspecified atom stereocenters. The zero-order valence-corrected chi connectivity index (χ0v) is 7.09. The minimum Gasteiger partial charge on any atom is -0.274 e. The van der Waals surface area contributed by atoms with Gasteiger partial charge in [0.25, 0.3) is 5.91 Å². The normalized spacial score (nSPS) is 9.64. The SMILES string of the molecule is CON(C)C(=O)c1ccns1. The lowest BCUT2D eigenvalue weighted by Gasteiger charge is -2.10. The maximum atomic E-state index is 11.2. The summed E-state index contributed by atoms with van der Waals surface area (Å²) in [7, 11) is 3.00. The first-order valence-corrected chi connectivity index (χ1v) is 3.76. The average molecular weight is 172 g/mol. The second-order valence-electron chi connectivity index (χ2n) is 1.86. The molecule has 60 valence electrons. The molecule has 0 aliphatic carbocycles. The van der Waals surface area contributed by atoms with Crippen molar-refractivity contribution in [3.8, 4) is 0 Å². The molecule has 1 aromatic rings. The molecular formula is C6H8N2O2S. The van der Waals surface area contributed by atoms with Gasteiger partial charge in [0, 0.05) is 13.2 Å². The van der Waals surface area contributed by atoms with Gasteiger partial charge in [0.1, 0.15) is 4.88 Å². The van der Waals surface area contributed by atoms with Crippen molar-refractivity contribution >= 4 is 17.4 Å². The Labute approximate surface area is 68.5 Å². The summed E-state index contributed by atoms with van der Waals surface area (Å²) in [6.45, 7) is 0. The third-order valence-corrected chi connectivity index (χ3v) is 1.94. The van der Waals surface area contributed by atoms with Crippen LogP contribution >= 0.6 is 11.5 Å². The van der Waals surface area contributed by atoms with Gasteiger partial charge < -0.3 is 0 Å². The van der Waals surface area contributed by atoms with E-state index in [4.69, 9.17) is 4.84 Å². The Balaban J connectivity index is 2.70. The van der Waals surface area contributed by atoms with Crippen molar-refractivity contribution in [2.75, 3.05) is 14.2 Å². The minimum atomic E-state index is -0.171. The van der Waals surface area contributed by atoms with Gasteiger partial charge >= 0.3 is 0 Å². The molecule has 0 radical (unpaired) electrons. The van der Waals surface area contributed by atoms with Crippen molar-refractivity contribution in [3.63, 3.8) is 0 Å². The zero-order valence-electron chi connectivity index (χ0n) is 6.27. The maximum Gasteiger partial charge on any atom is 0.288 e. The number of amides is 1. The van der Waals surface area contributed by atoms with Gasteiger partial charge in [0.05, 0.1) is 7.11 Å². The van der Waals surface area contributed by atoms with E-state index in [1.165, 1.54) is 7.11 Å². The Bertz CT molecular complexity index is 235. The van der Waals surface area contributed by atoms with E-state index in [-0.39, 0.29) is 5.91 Å². The lowest BCUT2D eigenvalue weighted by molar-refractivity contribution is -0.0753. The molecule has 0 saturated heterocycles. The Morgan fingerprint density at radius 2 is 2.55 bits per heavy atom. The molecule has 0 aliphatic rings. The van der Waals surface area contributed by atoms with Crippen LogP contribution in [0.25, 0.3) is 0 Å². The Kier molecular flexibility index (Phi) is 2.56. The van der Waals surface area contributed by atoms with Crippen molar-refractivity contribution in [1.29, 1.82) is 0 Å². The lowest BCUT2D eigenvalue weighted by Crippen LogP contribution is -2.24. The number of carbonyl (C=O) groups is 1. The standard InChI is InChI=1S/C6H8N2O2S/c1-8(10-2)6(9)5-3-4-7-11-5/h3-4H,1-2H3. The molecule has 1 amide bonds. The highest BCUT2D eigenvalue weighted by Crippen LogP contribution is 2.07. The Morgan fingerprint density at radius 3 is 3.00 bits per heavy atom. The molecule has 0 fully saturated rings. The van der Waals surface area contributed by atoms with Crippen molar-refractivity contribution in [2.45, 2.75) is 0 Å². The number of rotatable bonds is 2. The molecule has 4 nitrogen and oxygen atoms in total. The summed E-state index contributed by atoms with van der Waals surface area (Å²) in [5, 5.41) is 1.16. The second-order valence-corrected chi connectivity index (χ2v) is 2.70. The van der Waals surface area contributed by atoms with Gasteiger partial charge in [-0.05, 0) is 17.6 Å². The van der Waals surface area contributed by atoms with Crippen LogP contribution in [-0.4, -0.2) is 29.5 Å². The summed E-state index contributed by atoms with van der Waals surface area (Å²) in [5.41, 5.74) is 0.